The summed E-state index contributed by atoms with van der Waals surface area (Å²) in [5, 5.41) is 9.35. The highest BCUT2D eigenvalue weighted by molar-refractivity contribution is 9.10. The Balaban J connectivity index is 2.17. The number of hydrogen-bond acceptors (Lipinski definition) is 3. The molecule has 0 radical (unpaired) electrons. The molecule has 0 amide bonds. The van der Waals surface area contributed by atoms with Crippen LogP contribution in [0.3, 0.4) is 0 Å². The van der Waals surface area contributed by atoms with Gasteiger partial charge in [0.1, 0.15) is 0 Å². The predicted molar refractivity (Wildman–Crippen MR) is 89.3 cm³/mol. The fourth-order valence-electron chi connectivity index (χ4n) is 1.73. The normalized spacial score (nSPS) is 11.4. The second-order valence-corrected chi connectivity index (χ2v) is 7.61. The maximum absolute atomic E-state index is 11.3. The molecule has 0 aliphatic heterocycles. The van der Waals surface area contributed by atoms with Crippen molar-refractivity contribution in [2.75, 3.05) is 5.32 Å². The lowest BCUT2D eigenvalue weighted by atomic mass is 10.2. The summed E-state index contributed by atoms with van der Waals surface area (Å²) in [5.74, 6) is 0. The average Bonchev–Trinajstić information content (AvgIpc) is 2.35. The van der Waals surface area contributed by atoms with Crippen LogP contribution in [-0.4, -0.2) is 8.42 Å². The van der Waals surface area contributed by atoms with Crippen LogP contribution in [0.25, 0.3) is 0 Å². The number of anilines is 1. The van der Waals surface area contributed by atoms with E-state index < -0.39 is 10.0 Å². The van der Waals surface area contributed by atoms with Crippen molar-refractivity contribution < 1.29 is 8.42 Å². The molecule has 2 rings (SSSR count). The summed E-state index contributed by atoms with van der Waals surface area (Å²) in [7, 11) is -3.71. The van der Waals surface area contributed by atoms with E-state index in [2.05, 4.69) is 21.2 Å². The molecular formula is C13H11BrCl2N2O2S. The number of sulfonamides is 1. The highest BCUT2D eigenvalue weighted by atomic mass is 79.9. The zero-order valence-corrected chi connectivity index (χ0v) is 14.5. The molecular weight excluding hydrogens is 399 g/mol. The van der Waals surface area contributed by atoms with E-state index in [1.807, 2.05) is 0 Å². The minimum atomic E-state index is -3.71. The Morgan fingerprint density at radius 1 is 1.10 bits per heavy atom. The summed E-state index contributed by atoms with van der Waals surface area (Å²) < 4.78 is 23.1. The minimum absolute atomic E-state index is 0.0470. The number of halogens is 3. The third kappa shape index (κ3) is 4.59. The average molecular weight is 410 g/mol. The lowest BCUT2D eigenvalue weighted by Crippen LogP contribution is -2.12. The molecule has 0 aliphatic carbocycles. The van der Waals surface area contributed by atoms with Gasteiger partial charge < -0.3 is 5.32 Å². The maximum atomic E-state index is 11.3. The Morgan fingerprint density at radius 3 is 2.24 bits per heavy atom. The zero-order valence-electron chi connectivity index (χ0n) is 10.6. The highest BCUT2D eigenvalue weighted by Gasteiger charge is 2.10. The van der Waals surface area contributed by atoms with Gasteiger partial charge in [-0.3, -0.25) is 0 Å². The molecule has 0 unspecified atom stereocenters. The largest absolute Gasteiger partial charge is 0.380 e. The van der Waals surface area contributed by atoms with Gasteiger partial charge in [-0.1, -0.05) is 23.2 Å². The molecule has 2 aromatic carbocycles. The predicted octanol–water partition coefficient (Wildman–Crippen LogP) is 4.02. The lowest BCUT2D eigenvalue weighted by molar-refractivity contribution is 0.598. The highest BCUT2D eigenvalue weighted by Crippen LogP contribution is 2.26. The Labute approximate surface area is 141 Å². The van der Waals surface area contributed by atoms with Gasteiger partial charge >= 0.3 is 0 Å². The molecule has 3 N–H and O–H groups in total. The topological polar surface area (TPSA) is 72.2 Å². The fourth-order valence-corrected chi connectivity index (χ4v) is 3.51. The maximum Gasteiger partial charge on any atom is 0.238 e. The first kappa shape index (κ1) is 16.6. The van der Waals surface area contributed by atoms with Crippen LogP contribution in [0.1, 0.15) is 5.56 Å². The Hall–Kier alpha value is -0.790. The monoisotopic (exact) mass is 408 g/mol. The van der Waals surface area contributed by atoms with Gasteiger partial charge in [0.25, 0.3) is 0 Å². The first-order valence-corrected chi connectivity index (χ1v) is 8.86. The van der Waals surface area contributed by atoms with Crippen molar-refractivity contribution >= 4 is 54.8 Å². The first-order valence-electron chi connectivity index (χ1n) is 5.77. The summed E-state index contributed by atoms with van der Waals surface area (Å²) in [5.41, 5.74) is 1.65. The summed E-state index contributed by atoms with van der Waals surface area (Å²) in [4.78, 5) is 0.0470. The SMILES string of the molecule is NS(=O)(=O)c1ccc(NCc2cc(Cl)cc(Cl)c2)c(Br)c1. The minimum Gasteiger partial charge on any atom is -0.380 e. The van der Waals surface area contributed by atoms with E-state index in [4.69, 9.17) is 28.3 Å². The summed E-state index contributed by atoms with van der Waals surface area (Å²) in [6, 6.07) is 9.77. The van der Waals surface area contributed by atoms with Gasteiger partial charge in [-0.2, -0.15) is 0 Å². The van der Waals surface area contributed by atoms with Crippen LogP contribution in [0.2, 0.25) is 10.0 Å². The van der Waals surface area contributed by atoms with Crippen molar-refractivity contribution in [3.63, 3.8) is 0 Å². The molecule has 0 saturated heterocycles. The Morgan fingerprint density at radius 2 is 1.71 bits per heavy atom. The molecule has 4 nitrogen and oxygen atoms in total. The van der Waals surface area contributed by atoms with Crippen molar-refractivity contribution in [3.05, 3.63) is 56.5 Å². The van der Waals surface area contributed by atoms with E-state index in [1.165, 1.54) is 12.1 Å². The van der Waals surface area contributed by atoms with Crippen LogP contribution in [0.5, 0.6) is 0 Å². The molecule has 2 aromatic rings. The molecule has 112 valence electrons. The van der Waals surface area contributed by atoms with Gasteiger partial charge in [0.05, 0.1) is 4.90 Å². The van der Waals surface area contributed by atoms with Crippen molar-refractivity contribution in [1.82, 2.24) is 0 Å². The Kier molecular flexibility index (Phi) is 5.16. The third-order valence-corrected chi connectivity index (χ3v) is 4.68. The summed E-state index contributed by atoms with van der Waals surface area (Å²) in [6.07, 6.45) is 0. The second kappa shape index (κ2) is 6.54. The third-order valence-electron chi connectivity index (χ3n) is 2.67. The molecule has 0 fully saturated rings. The van der Waals surface area contributed by atoms with Crippen LogP contribution in [0, 0.1) is 0 Å². The summed E-state index contributed by atoms with van der Waals surface area (Å²) in [6.45, 7) is 0.494. The van der Waals surface area contributed by atoms with Crippen LogP contribution >= 0.6 is 39.1 Å². The van der Waals surface area contributed by atoms with Gasteiger partial charge in [0, 0.05) is 26.8 Å². The quantitative estimate of drug-likeness (QED) is 0.800. The molecule has 0 heterocycles. The van der Waals surface area contributed by atoms with Crippen molar-refractivity contribution in [2.24, 2.45) is 5.14 Å². The van der Waals surface area contributed by atoms with E-state index in [0.717, 1.165) is 11.3 Å². The van der Waals surface area contributed by atoms with E-state index in [-0.39, 0.29) is 4.90 Å². The number of benzene rings is 2. The second-order valence-electron chi connectivity index (χ2n) is 4.32. The molecule has 0 spiro atoms. The molecule has 0 bridgehead atoms. The molecule has 0 atom stereocenters. The standard InChI is InChI=1S/C13H11BrCl2N2O2S/c14-12-6-11(21(17,19)20)1-2-13(12)18-7-8-3-9(15)5-10(16)4-8/h1-6,18H,7H2,(H2,17,19,20). The number of nitrogens with one attached hydrogen (secondary N) is 1. The van der Waals surface area contributed by atoms with Crippen LogP contribution < -0.4 is 10.5 Å². The van der Waals surface area contributed by atoms with Gasteiger partial charge in [0.2, 0.25) is 10.0 Å². The molecule has 0 aromatic heterocycles. The van der Waals surface area contributed by atoms with E-state index in [1.54, 1.807) is 24.3 Å². The van der Waals surface area contributed by atoms with Crippen molar-refractivity contribution in [3.8, 4) is 0 Å². The number of nitrogens with two attached hydrogens (primary N) is 1. The summed E-state index contributed by atoms with van der Waals surface area (Å²) >= 11 is 15.2. The van der Waals surface area contributed by atoms with Crippen LogP contribution in [-0.2, 0) is 16.6 Å². The fraction of sp³-hybridized carbons (Fsp3) is 0.0769. The lowest BCUT2D eigenvalue weighted by Gasteiger charge is -2.10. The molecule has 0 saturated carbocycles. The van der Waals surface area contributed by atoms with Crippen LogP contribution in [0.15, 0.2) is 45.8 Å². The smallest absolute Gasteiger partial charge is 0.238 e. The van der Waals surface area contributed by atoms with Gasteiger partial charge in [-0.05, 0) is 57.9 Å². The van der Waals surface area contributed by atoms with E-state index >= 15 is 0 Å². The first-order chi connectivity index (χ1) is 9.75. The van der Waals surface area contributed by atoms with Crippen molar-refractivity contribution in [2.45, 2.75) is 11.4 Å². The van der Waals surface area contributed by atoms with Gasteiger partial charge in [-0.15, -0.1) is 0 Å². The van der Waals surface area contributed by atoms with E-state index in [9.17, 15) is 8.42 Å². The van der Waals surface area contributed by atoms with Crippen molar-refractivity contribution in [1.29, 1.82) is 0 Å². The number of primary sulfonamides is 1. The molecule has 21 heavy (non-hydrogen) atoms. The van der Waals surface area contributed by atoms with E-state index in [0.29, 0.717) is 21.1 Å². The molecule has 0 aliphatic rings. The Bertz CT molecular complexity index is 761. The van der Waals surface area contributed by atoms with Gasteiger partial charge in [-0.25, -0.2) is 13.6 Å². The van der Waals surface area contributed by atoms with Crippen LogP contribution in [0.4, 0.5) is 5.69 Å². The molecule has 8 heteroatoms. The number of rotatable bonds is 4. The zero-order chi connectivity index (χ0) is 15.6. The van der Waals surface area contributed by atoms with Gasteiger partial charge in [0.15, 0.2) is 0 Å². The number of hydrogen-bond donors (Lipinski definition) is 2.